The number of benzene rings is 2. The number of anilines is 2. The second kappa shape index (κ2) is 10.7. The topological polar surface area (TPSA) is 68.0 Å². The highest BCUT2D eigenvalue weighted by Crippen LogP contribution is 2.57. The number of ether oxygens (including phenoxy) is 2. The van der Waals surface area contributed by atoms with Gasteiger partial charge in [0.05, 0.1) is 31.1 Å². The number of amides is 1. The summed E-state index contributed by atoms with van der Waals surface area (Å²) in [4.78, 5) is 17.9. The summed E-state index contributed by atoms with van der Waals surface area (Å²) in [5.74, 6) is 1.75. The van der Waals surface area contributed by atoms with Crippen molar-refractivity contribution in [3.8, 4) is 11.5 Å². The van der Waals surface area contributed by atoms with E-state index in [-0.39, 0.29) is 12.0 Å². The largest absolute Gasteiger partial charge is 0.497 e. The van der Waals surface area contributed by atoms with Gasteiger partial charge < -0.3 is 25.0 Å². The van der Waals surface area contributed by atoms with Gasteiger partial charge in [-0.25, -0.2) is 4.39 Å². The van der Waals surface area contributed by atoms with E-state index in [0.29, 0.717) is 18.6 Å². The maximum atomic E-state index is 13.7. The fourth-order valence-corrected chi connectivity index (χ4v) is 5.20. The third-order valence-electron chi connectivity index (χ3n) is 7.33. The predicted molar refractivity (Wildman–Crippen MR) is 138 cm³/mol. The van der Waals surface area contributed by atoms with E-state index >= 15 is 0 Å². The molecule has 1 saturated heterocycles. The minimum Gasteiger partial charge on any atom is -0.497 e. The average Bonchev–Trinajstić information content (AvgIpc) is 3.09. The smallest absolute Gasteiger partial charge is 0.238 e. The molecule has 188 valence electrons. The van der Waals surface area contributed by atoms with Crippen LogP contribution in [-0.2, 0) is 16.8 Å². The molecule has 0 aromatic heterocycles. The first-order valence-electron chi connectivity index (χ1n) is 12.4. The summed E-state index contributed by atoms with van der Waals surface area (Å²) in [5, 5.41) is 0. The van der Waals surface area contributed by atoms with Crippen LogP contribution in [0.5, 0.6) is 11.5 Å². The molecule has 2 fully saturated rings. The van der Waals surface area contributed by atoms with Gasteiger partial charge in [-0.2, -0.15) is 0 Å². The Bertz CT molecular complexity index is 1050. The average molecular weight is 482 g/mol. The second-order valence-corrected chi connectivity index (χ2v) is 9.67. The summed E-state index contributed by atoms with van der Waals surface area (Å²) in [6.45, 7) is 4.19. The molecule has 2 N–H and O–H groups in total. The molecule has 2 heterocycles. The number of piperidine rings is 1. The maximum Gasteiger partial charge on any atom is 0.238 e. The lowest BCUT2D eigenvalue weighted by molar-refractivity contribution is -0.126. The zero-order valence-electron chi connectivity index (χ0n) is 20.9. The summed E-state index contributed by atoms with van der Waals surface area (Å²) < 4.78 is 22.3. The van der Waals surface area contributed by atoms with Gasteiger partial charge in [0.1, 0.15) is 17.6 Å². The minimum absolute atomic E-state index is 0.151. The number of nitrogens with zero attached hydrogens (tertiary/aromatic N) is 2. The van der Waals surface area contributed by atoms with Gasteiger partial charge in [-0.1, -0.05) is 24.6 Å². The number of rotatable bonds is 5. The van der Waals surface area contributed by atoms with Crippen LogP contribution in [0.1, 0.15) is 50.2 Å². The minimum atomic E-state index is -0.428. The van der Waals surface area contributed by atoms with Crippen molar-refractivity contribution in [2.75, 3.05) is 37.9 Å². The normalized spacial score (nSPS) is 19.3. The molecule has 0 radical (unpaired) electrons. The quantitative estimate of drug-likeness (QED) is 0.594. The molecule has 1 amide bonds. The molecule has 0 atom stereocenters. The van der Waals surface area contributed by atoms with Crippen molar-refractivity contribution < 1.29 is 18.7 Å². The highest BCUT2D eigenvalue weighted by atomic mass is 19.1. The molecule has 5 rings (SSSR count). The van der Waals surface area contributed by atoms with Crippen molar-refractivity contribution in [1.29, 1.82) is 0 Å². The van der Waals surface area contributed by atoms with E-state index in [4.69, 9.17) is 15.2 Å². The third-order valence-corrected chi connectivity index (χ3v) is 7.33. The van der Waals surface area contributed by atoms with E-state index in [1.165, 1.54) is 6.08 Å². The lowest BCUT2D eigenvalue weighted by atomic mass is 9.65. The number of fused-ring (bicyclic) bond motifs is 2. The Kier molecular flexibility index (Phi) is 7.65. The Morgan fingerprint density at radius 1 is 1.17 bits per heavy atom. The number of hydrogen-bond acceptors (Lipinski definition) is 5. The monoisotopic (exact) mass is 481 g/mol. The Hall–Kier alpha value is -3.06. The van der Waals surface area contributed by atoms with E-state index in [2.05, 4.69) is 11.9 Å². The molecule has 0 bridgehead atoms. The van der Waals surface area contributed by atoms with Gasteiger partial charge in [0.25, 0.3) is 0 Å². The first-order valence-corrected chi connectivity index (χ1v) is 12.4. The van der Waals surface area contributed by atoms with Gasteiger partial charge in [-0.3, -0.25) is 4.79 Å². The fraction of sp³-hybridized carbons (Fsp3) is 0.464. The summed E-state index contributed by atoms with van der Waals surface area (Å²) in [5.41, 5.74) is 9.60. The Balaban J connectivity index is 0.000000672. The molecule has 1 spiro atoms. The van der Waals surface area contributed by atoms with Gasteiger partial charge in [-0.15, -0.1) is 0 Å². The zero-order chi connectivity index (χ0) is 25.0. The Morgan fingerprint density at radius 3 is 2.37 bits per heavy atom. The number of methoxy groups -OCH3 is 1. The summed E-state index contributed by atoms with van der Waals surface area (Å²) in [7, 11) is 3.80. The van der Waals surface area contributed by atoms with Crippen LogP contribution in [-0.4, -0.2) is 44.2 Å². The second-order valence-electron chi connectivity index (χ2n) is 9.67. The van der Waals surface area contributed by atoms with Gasteiger partial charge in [0.2, 0.25) is 5.91 Å². The zero-order valence-corrected chi connectivity index (χ0v) is 20.9. The molecule has 7 heteroatoms. The summed E-state index contributed by atoms with van der Waals surface area (Å²) in [6.07, 6.45) is 6.79. The summed E-state index contributed by atoms with van der Waals surface area (Å²) >= 11 is 0. The van der Waals surface area contributed by atoms with Crippen molar-refractivity contribution >= 4 is 17.3 Å². The lowest BCUT2D eigenvalue weighted by Crippen LogP contribution is -2.44. The number of carbonyl (C=O) groups is 1. The number of halogens is 1. The molecule has 35 heavy (non-hydrogen) atoms. The highest BCUT2D eigenvalue weighted by Gasteiger charge is 2.55. The molecule has 2 aliphatic heterocycles. The fourth-order valence-electron chi connectivity index (χ4n) is 5.20. The van der Waals surface area contributed by atoms with Gasteiger partial charge in [0.15, 0.2) is 0 Å². The van der Waals surface area contributed by atoms with Crippen molar-refractivity contribution in [2.45, 2.75) is 57.1 Å². The predicted octanol–water partition coefficient (Wildman–Crippen LogP) is 5.21. The SMILES string of the molecule is C/C=C\F.COc1ccc(CN2C(=O)C3(CCC3)c3cc(N)cc(OC4CCN(C)CC4)c32)cc1. The molecule has 6 nitrogen and oxygen atoms in total. The highest BCUT2D eigenvalue weighted by molar-refractivity contribution is 6.10. The molecule has 1 saturated carbocycles. The first-order chi connectivity index (χ1) is 16.9. The van der Waals surface area contributed by atoms with Crippen LogP contribution in [0.15, 0.2) is 48.8 Å². The van der Waals surface area contributed by atoms with E-state index in [9.17, 15) is 9.18 Å². The van der Waals surface area contributed by atoms with Crippen LogP contribution in [0.4, 0.5) is 15.8 Å². The molecule has 1 aliphatic carbocycles. The van der Waals surface area contributed by atoms with Gasteiger partial charge in [-0.05, 0) is 69.0 Å². The van der Waals surface area contributed by atoms with Gasteiger partial charge in [0, 0.05) is 24.8 Å². The summed E-state index contributed by atoms with van der Waals surface area (Å²) in [6, 6.07) is 11.8. The van der Waals surface area contributed by atoms with Crippen molar-refractivity contribution in [1.82, 2.24) is 4.90 Å². The number of carbonyl (C=O) groups excluding carboxylic acids is 1. The molecule has 3 aliphatic rings. The van der Waals surface area contributed by atoms with E-state index in [1.807, 2.05) is 41.3 Å². The molecular formula is C28H36FN3O3. The Morgan fingerprint density at radius 2 is 1.83 bits per heavy atom. The van der Waals surface area contributed by atoms with Crippen molar-refractivity contribution in [3.63, 3.8) is 0 Å². The van der Waals surface area contributed by atoms with Gasteiger partial charge >= 0.3 is 0 Å². The van der Waals surface area contributed by atoms with E-state index < -0.39 is 5.41 Å². The number of hydrogen-bond donors (Lipinski definition) is 1. The van der Waals surface area contributed by atoms with E-state index in [1.54, 1.807) is 14.0 Å². The molecule has 2 aromatic rings. The van der Waals surface area contributed by atoms with Crippen LogP contribution < -0.4 is 20.1 Å². The number of likely N-dealkylation sites (tertiary alicyclic amines) is 1. The maximum absolute atomic E-state index is 13.7. The third kappa shape index (κ3) is 5.01. The standard InChI is InChI=1S/C25H31N3O3.C3H5F/c1-27-12-8-20(9-13-27)31-22-15-18(26)14-21-23(22)28(24(29)25(21)10-3-11-25)16-17-4-6-19(30-2)7-5-17;1-2-3-4/h4-7,14-15,20H,3,8-13,16,26H2,1-2H3;2-3H,1H3/b;3-2-. The first kappa shape index (κ1) is 25.0. The van der Waals surface area contributed by atoms with Crippen molar-refractivity contribution in [3.05, 3.63) is 59.9 Å². The molecular weight excluding hydrogens is 445 g/mol. The number of nitrogens with two attached hydrogens (primary N) is 1. The Labute approximate surface area is 207 Å². The number of allylic oxidation sites excluding steroid dienone is 1. The van der Waals surface area contributed by atoms with Crippen LogP contribution >= 0.6 is 0 Å². The van der Waals surface area contributed by atoms with Crippen molar-refractivity contribution in [2.24, 2.45) is 0 Å². The van der Waals surface area contributed by atoms with E-state index in [0.717, 1.165) is 73.5 Å². The van der Waals surface area contributed by atoms with Crippen LogP contribution in [0.3, 0.4) is 0 Å². The molecule has 0 unspecified atom stereocenters. The number of nitrogen functional groups attached to an aromatic ring is 1. The van der Waals surface area contributed by atoms with Crippen LogP contribution in [0.25, 0.3) is 0 Å². The lowest BCUT2D eigenvalue weighted by Gasteiger charge is -2.37. The van der Waals surface area contributed by atoms with Crippen LogP contribution in [0, 0.1) is 0 Å². The van der Waals surface area contributed by atoms with Crippen LogP contribution in [0.2, 0.25) is 0 Å². The molecule has 2 aromatic carbocycles.